The minimum Gasteiger partial charge on any atom is -0.334 e. The van der Waals surface area contributed by atoms with Crippen LogP contribution in [0.2, 0.25) is 0 Å². The predicted octanol–water partition coefficient (Wildman–Crippen LogP) is 2.64. The van der Waals surface area contributed by atoms with E-state index in [1.165, 1.54) is 0 Å². The molecule has 1 fully saturated rings. The molecule has 1 unspecified atom stereocenters. The second-order valence-corrected chi connectivity index (χ2v) is 5.81. The number of hydrogen-bond acceptors (Lipinski definition) is 3. The third kappa shape index (κ3) is 5.56. The Bertz CT molecular complexity index is 530. The predicted molar refractivity (Wildman–Crippen MR) is 92.7 cm³/mol. The van der Waals surface area contributed by atoms with Crippen LogP contribution < -0.4 is 16.0 Å². The van der Waals surface area contributed by atoms with E-state index in [0.29, 0.717) is 12.1 Å². The van der Waals surface area contributed by atoms with Gasteiger partial charge in [-0.2, -0.15) is 0 Å². The normalized spacial score (nSPS) is 18.3. The summed E-state index contributed by atoms with van der Waals surface area (Å²) < 4.78 is 0. The van der Waals surface area contributed by atoms with Gasteiger partial charge in [0.2, 0.25) is 5.91 Å². The Morgan fingerprint density at radius 2 is 1.78 bits per heavy atom. The average Bonchev–Trinajstić information content (AvgIpc) is 2.56. The maximum atomic E-state index is 12.1. The first-order valence-electron chi connectivity index (χ1n) is 8.30. The highest BCUT2D eigenvalue weighted by Crippen LogP contribution is 2.14. The van der Waals surface area contributed by atoms with Crippen LogP contribution in [-0.4, -0.2) is 42.5 Å². The van der Waals surface area contributed by atoms with E-state index in [2.05, 4.69) is 27.8 Å². The van der Waals surface area contributed by atoms with Crippen molar-refractivity contribution < 1.29 is 9.59 Å². The van der Waals surface area contributed by atoms with Gasteiger partial charge in [-0.3, -0.25) is 4.79 Å². The number of likely N-dealkylation sites (N-methyl/N-ethyl adjacent to an activating group) is 1. The molecule has 0 spiro atoms. The maximum Gasteiger partial charge on any atom is 0.319 e. The smallest absolute Gasteiger partial charge is 0.319 e. The Labute approximate surface area is 137 Å². The van der Waals surface area contributed by atoms with Gasteiger partial charge in [0.05, 0.1) is 0 Å². The summed E-state index contributed by atoms with van der Waals surface area (Å²) in [4.78, 5) is 25.7. The highest BCUT2D eigenvalue weighted by atomic mass is 16.2. The number of nitrogens with zero attached hydrogens (tertiary/aromatic N) is 1. The van der Waals surface area contributed by atoms with Crippen molar-refractivity contribution in [3.8, 4) is 0 Å². The van der Waals surface area contributed by atoms with Gasteiger partial charge in [-0.15, -0.1) is 0 Å². The van der Waals surface area contributed by atoms with E-state index in [1.54, 1.807) is 31.2 Å². The molecule has 23 heavy (non-hydrogen) atoms. The van der Waals surface area contributed by atoms with Crippen LogP contribution in [0.4, 0.5) is 16.2 Å². The Morgan fingerprint density at radius 3 is 2.39 bits per heavy atom. The maximum absolute atomic E-state index is 12.1. The summed E-state index contributed by atoms with van der Waals surface area (Å²) in [5.41, 5.74) is 1.44. The van der Waals surface area contributed by atoms with Crippen LogP contribution in [-0.2, 0) is 4.79 Å². The summed E-state index contributed by atoms with van der Waals surface area (Å²) in [6.07, 6.45) is 2.58. The lowest BCUT2D eigenvalue weighted by atomic mass is 10.1. The highest BCUT2D eigenvalue weighted by molar-refractivity contribution is 5.92. The van der Waals surface area contributed by atoms with Crippen LogP contribution in [0.15, 0.2) is 24.3 Å². The Kier molecular flexibility index (Phi) is 6.40. The third-order valence-electron chi connectivity index (χ3n) is 4.04. The lowest BCUT2D eigenvalue weighted by molar-refractivity contribution is -0.115. The summed E-state index contributed by atoms with van der Waals surface area (Å²) >= 11 is 0. The molecule has 3 amide bonds. The standard InChI is InChI=1S/C17H26N4O2/c1-3-16(22)18-13-7-9-14(10-8-13)19-17(23)20-15-6-5-11-21(4-2)12-15/h7-10,15H,3-6,11-12H2,1-2H3,(H,18,22)(H2,19,20,23). The molecule has 1 saturated heterocycles. The number of amides is 3. The molecule has 6 heteroatoms. The van der Waals surface area contributed by atoms with Crippen LogP contribution >= 0.6 is 0 Å². The lowest BCUT2D eigenvalue weighted by Crippen LogP contribution is -2.48. The molecular formula is C17H26N4O2. The molecule has 1 aromatic carbocycles. The van der Waals surface area contributed by atoms with Crippen LogP contribution in [0.25, 0.3) is 0 Å². The SMILES string of the molecule is CCC(=O)Nc1ccc(NC(=O)NC2CCCN(CC)C2)cc1. The first kappa shape index (κ1) is 17.3. The zero-order chi connectivity index (χ0) is 16.7. The third-order valence-corrected chi connectivity index (χ3v) is 4.04. The molecule has 0 bridgehead atoms. The molecule has 1 aliphatic heterocycles. The number of anilines is 2. The van der Waals surface area contributed by atoms with Crippen LogP contribution in [0.3, 0.4) is 0 Å². The summed E-state index contributed by atoms with van der Waals surface area (Å²) in [6, 6.07) is 7.14. The van der Waals surface area contributed by atoms with Crippen molar-refractivity contribution in [3.05, 3.63) is 24.3 Å². The van der Waals surface area contributed by atoms with Crippen molar-refractivity contribution in [2.45, 2.75) is 39.2 Å². The quantitative estimate of drug-likeness (QED) is 0.781. The number of urea groups is 1. The average molecular weight is 318 g/mol. The van der Waals surface area contributed by atoms with Crippen LogP contribution in [0.1, 0.15) is 33.1 Å². The molecular weight excluding hydrogens is 292 g/mol. The lowest BCUT2D eigenvalue weighted by Gasteiger charge is -2.32. The molecule has 0 aliphatic carbocycles. The van der Waals surface area contributed by atoms with E-state index >= 15 is 0 Å². The molecule has 1 atom stereocenters. The molecule has 1 heterocycles. The van der Waals surface area contributed by atoms with Gasteiger partial charge in [0, 0.05) is 30.4 Å². The summed E-state index contributed by atoms with van der Waals surface area (Å²) in [5, 5.41) is 8.64. The van der Waals surface area contributed by atoms with Gasteiger partial charge >= 0.3 is 6.03 Å². The number of likely N-dealkylation sites (tertiary alicyclic amines) is 1. The number of hydrogen-bond donors (Lipinski definition) is 3. The molecule has 0 radical (unpaired) electrons. The Morgan fingerprint density at radius 1 is 1.13 bits per heavy atom. The van der Waals surface area contributed by atoms with E-state index in [4.69, 9.17) is 0 Å². The van der Waals surface area contributed by atoms with Crippen LogP contribution in [0, 0.1) is 0 Å². The molecule has 1 aliphatic rings. The largest absolute Gasteiger partial charge is 0.334 e. The zero-order valence-electron chi connectivity index (χ0n) is 13.9. The second-order valence-electron chi connectivity index (χ2n) is 5.81. The minimum atomic E-state index is -0.182. The van der Waals surface area contributed by atoms with E-state index in [1.807, 2.05) is 0 Å². The molecule has 126 valence electrons. The first-order valence-corrected chi connectivity index (χ1v) is 8.30. The molecule has 0 aromatic heterocycles. The molecule has 0 saturated carbocycles. The van der Waals surface area contributed by atoms with Gasteiger partial charge in [-0.05, 0) is 50.2 Å². The monoisotopic (exact) mass is 318 g/mol. The summed E-state index contributed by atoms with van der Waals surface area (Å²) in [6.45, 7) is 6.99. The molecule has 1 aromatic rings. The molecule has 3 N–H and O–H groups in total. The van der Waals surface area contributed by atoms with Crippen molar-refractivity contribution >= 4 is 23.3 Å². The topological polar surface area (TPSA) is 73.5 Å². The number of nitrogens with one attached hydrogen (secondary N) is 3. The number of carbonyl (C=O) groups is 2. The van der Waals surface area contributed by atoms with Gasteiger partial charge in [0.15, 0.2) is 0 Å². The fourth-order valence-electron chi connectivity index (χ4n) is 2.70. The fraction of sp³-hybridized carbons (Fsp3) is 0.529. The summed E-state index contributed by atoms with van der Waals surface area (Å²) in [7, 11) is 0. The number of piperidine rings is 1. The van der Waals surface area contributed by atoms with Crippen molar-refractivity contribution in [3.63, 3.8) is 0 Å². The molecule has 6 nitrogen and oxygen atoms in total. The van der Waals surface area contributed by atoms with Crippen molar-refractivity contribution in [2.75, 3.05) is 30.3 Å². The van der Waals surface area contributed by atoms with Gasteiger partial charge in [-0.1, -0.05) is 13.8 Å². The number of carbonyl (C=O) groups excluding carboxylic acids is 2. The first-order chi connectivity index (χ1) is 11.1. The van der Waals surface area contributed by atoms with Crippen molar-refractivity contribution in [1.82, 2.24) is 10.2 Å². The highest BCUT2D eigenvalue weighted by Gasteiger charge is 2.20. The van der Waals surface area contributed by atoms with Crippen molar-refractivity contribution in [1.29, 1.82) is 0 Å². The van der Waals surface area contributed by atoms with Crippen molar-refractivity contribution in [2.24, 2.45) is 0 Å². The Balaban J connectivity index is 1.81. The second kappa shape index (κ2) is 8.53. The van der Waals surface area contributed by atoms with Gasteiger partial charge in [0.25, 0.3) is 0 Å². The zero-order valence-corrected chi connectivity index (χ0v) is 13.9. The fourth-order valence-corrected chi connectivity index (χ4v) is 2.70. The number of rotatable bonds is 5. The van der Waals surface area contributed by atoms with Crippen LogP contribution in [0.5, 0.6) is 0 Å². The van der Waals surface area contributed by atoms with E-state index in [-0.39, 0.29) is 18.0 Å². The van der Waals surface area contributed by atoms with Gasteiger partial charge in [0.1, 0.15) is 0 Å². The van der Waals surface area contributed by atoms with E-state index in [9.17, 15) is 9.59 Å². The minimum absolute atomic E-state index is 0.0266. The summed E-state index contributed by atoms with van der Waals surface area (Å²) in [5.74, 6) is -0.0266. The van der Waals surface area contributed by atoms with Gasteiger partial charge in [-0.25, -0.2) is 4.79 Å². The Hall–Kier alpha value is -2.08. The molecule has 2 rings (SSSR count). The van der Waals surface area contributed by atoms with Gasteiger partial charge < -0.3 is 20.9 Å². The number of benzene rings is 1. The van der Waals surface area contributed by atoms with E-state index < -0.39 is 0 Å². The van der Waals surface area contributed by atoms with E-state index in [0.717, 1.165) is 38.2 Å².